The molecule has 164 valence electrons. The molecule has 0 fully saturated rings. The minimum Gasteiger partial charge on any atom is -0.338 e. The molecule has 0 aliphatic heterocycles. The van der Waals surface area contributed by atoms with Crippen LogP contribution < -0.4 is 5.84 Å². The summed E-state index contributed by atoms with van der Waals surface area (Å²) >= 11 is 1.30. The monoisotopic (exact) mass is 451 g/mol. The third-order valence-corrected chi connectivity index (χ3v) is 5.71. The fourth-order valence-electron chi connectivity index (χ4n) is 3.01. The first-order valence-corrected chi connectivity index (χ1v) is 10.7. The minimum absolute atomic E-state index is 0.0393. The molecular weight excluding hydrogens is 430 g/mol. The fraction of sp³-hybridized carbons (Fsp3) is 0.238. The highest BCUT2D eigenvalue weighted by Gasteiger charge is 2.17. The third kappa shape index (κ3) is 4.47. The predicted octanol–water partition coefficient (Wildman–Crippen LogP) is 4.21. The van der Waals surface area contributed by atoms with Crippen LogP contribution in [0.1, 0.15) is 32.2 Å². The van der Waals surface area contributed by atoms with Crippen molar-refractivity contribution in [2.45, 2.75) is 37.1 Å². The van der Waals surface area contributed by atoms with E-state index in [-0.39, 0.29) is 16.9 Å². The average Bonchev–Trinajstić information content (AvgIpc) is 3.38. The topological polar surface area (TPSA) is 139 Å². The van der Waals surface area contributed by atoms with Gasteiger partial charge in [-0.3, -0.25) is 10.1 Å². The van der Waals surface area contributed by atoms with Crippen LogP contribution >= 0.6 is 11.8 Å². The van der Waals surface area contributed by atoms with Crippen molar-refractivity contribution in [1.29, 1.82) is 0 Å². The van der Waals surface area contributed by atoms with Crippen LogP contribution in [-0.2, 0) is 11.2 Å². The van der Waals surface area contributed by atoms with Crippen LogP contribution in [0.25, 0.3) is 22.8 Å². The Labute approximate surface area is 188 Å². The quantitative estimate of drug-likeness (QED) is 0.198. The molecule has 2 aromatic heterocycles. The number of nitro groups is 1. The van der Waals surface area contributed by atoms with E-state index in [1.54, 1.807) is 12.1 Å². The zero-order chi connectivity index (χ0) is 22.9. The second-order valence-electron chi connectivity index (χ2n) is 8.11. The van der Waals surface area contributed by atoms with Crippen molar-refractivity contribution in [2.75, 3.05) is 5.84 Å². The summed E-state index contributed by atoms with van der Waals surface area (Å²) in [6, 6.07) is 14.1. The molecule has 0 atom stereocenters. The Morgan fingerprint density at radius 1 is 1.12 bits per heavy atom. The fourth-order valence-corrected chi connectivity index (χ4v) is 3.70. The largest absolute Gasteiger partial charge is 0.338 e. The van der Waals surface area contributed by atoms with E-state index in [0.29, 0.717) is 28.2 Å². The molecule has 4 aromatic rings. The van der Waals surface area contributed by atoms with Gasteiger partial charge in [0.1, 0.15) is 0 Å². The molecule has 2 N–H and O–H groups in total. The molecule has 0 saturated carbocycles. The molecule has 0 saturated heterocycles. The molecule has 2 aromatic carbocycles. The summed E-state index contributed by atoms with van der Waals surface area (Å²) in [4.78, 5) is 14.8. The highest BCUT2D eigenvalue weighted by molar-refractivity contribution is 7.98. The number of aromatic nitrogens is 5. The molecule has 10 nitrogen and oxygen atoms in total. The molecule has 32 heavy (non-hydrogen) atoms. The lowest BCUT2D eigenvalue weighted by Gasteiger charge is -2.19. The van der Waals surface area contributed by atoms with Gasteiger partial charge < -0.3 is 10.4 Å². The Morgan fingerprint density at radius 2 is 1.88 bits per heavy atom. The van der Waals surface area contributed by atoms with Crippen molar-refractivity contribution in [3.8, 4) is 22.8 Å². The van der Waals surface area contributed by atoms with Crippen molar-refractivity contribution >= 4 is 17.4 Å². The minimum atomic E-state index is -0.470. The summed E-state index contributed by atoms with van der Waals surface area (Å²) in [5, 5.41) is 23.7. The number of non-ortho nitro benzene ring substituents is 1. The van der Waals surface area contributed by atoms with E-state index in [1.807, 2.05) is 12.1 Å². The molecular formula is C21H21N7O3S. The maximum Gasteiger partial charge on any atom is 0.270 e. The molecule has 0 radical (unpaired) electrons. The van der Waals surface area contributed by atoms with Crippen LogP contribution in [0, 0.1) is 10.1 Å². The van der Waals surface area contributed by atoms with Crippen molar-refractivity contribution in [2.24, 2.45) is 0 Å². The van der Waals surface area contributed by atoms with Gasteiger partial charge in [-0.25, -0.2) is 4.68 Å². The van der Waals surface area contributed by atoms with E-state index in [2.05, 4.69) is 53.2 Å². The van der Waals surface area contributed by atoms with Crippen molar-refractivity contribution in [1.82, 2.24) is 25.0 Å². The number of nitrogen functional groups attached to an aromatic ring is 1. The number of thioether (sulfide) groups is 1. The Hall–Kier alpha value is -3.73. The number of rotatable bonds is 6. The number of nitro benzene ring substituents is 1. The summed E-state index contributed by atoms with van der Waals surface area (Å²) in [6.45, 7) is 6.47. The van der Waals surface area contributed by atoms with Crippen LogP contribution in [-0.4, -0.2) is 29.9 Å². The Kier molecular flexibility index (Phi) is 5.66. The van der Waals surface area contributed by atoms with Gasteiger partial charge in [-0.1, -0.05) is 74.1 Å². The van der Waals surface area contributed by atoms with Gasteiger partial charge >= 0.3 is 0 Å². The lowest BCUT2D eigenvalue weighted by atomic mass is 9.87. The standard InChI is InChI=1S/C21H21N7O3S/c1-21(2,3)15-9-7-13(8-10-15)19-24-25-20(27(19)22)32-12-17-23-18(26-31-17)14-5-4-6-16(11-14)28(29)30/h4-11H,12,22H2,1-3H3. The summed E-state index contributed by atoms with van der Waals surface area (Å²) in [7, 11) is 0. The van der Waals surface area contributed by atoms with Crippen molar-refractivity contribution < 1.29 is 9.45 Å². The highest BCUT2D eigenvalue weighted by atomic mass is 32.2. The molecule has 0 unspecified atom stereocenters. The number of hydrogen-bond donors (Lipinski definition) is 1. The van der Waals surface area contributed by atoms with Crippen LogP contribution in [0.15, 0.2) is 58.2 Å². The van der Waals surface area contributed by atoms with Gasteiger partial charge in [0.2, 0.25) is 16.9 Å². The lowest BCUT2D eigenvalue weighted by molar-refractivity contribution is -0.384. The summed E-state index contributed by atoms with van der Waals surface area (Å²) in [6.07, 6.45) is 0. The van der Waals surface area contributed by atoms with Gasteiger partial charge in [0.05, 0.1) is 10.7 Å². The molecule has 2 heterocycles. The van der Waals surface area contributed by atoms with Crippen LogP contribution in [0.4, 0.5) is 5.69 Å². The smallest absolute Gasteiger partial charge is 0.270 e. The molecule has 0 bridgehead atoms. The third-order valence-electron chi connectivity index (χ3n) is 4.78. The van der Waals surface area contributed by atoms with Crippen molar-refractivity contribution in [3.05, 3.63) is 70.1 Å². The molecule has 11 heteroatoms. The molecule has 0 aliphatic rings. The first kappa shape index (κ1) is 21.5. The SMILES string of the molecule is CC(C)(C)c1ccc(-c2nnc(SCc3nc(-c4cccc([N+](=O)[O-])c4)no3)n2N)cc1. The maximum atomic E-state index is 11.0. The Bertz CT molecular complexity index is 1260. The number of hydrogen-bond acceptors (Lipinski definition) is 9. The zero-order valence-corrected chi connectivity index (χ0v) is 18.5. The van der Waals surface area contributed by atoms with Crippen LogP contribution in [0.2, 0.25) is 0 Å². The highest BCUT2D eigenvalue weighted by Crippen LogP contribution is 2.28. The van der Waals surface area contributed by atoms with Gasteiger partial charge in [-0.15, -0.1) is 10.2 Å². The summed E-state index contributed by atoms with van der Waals surface area (Å²) in [5.74, 6) is 7.70. The second kappa shape index (κ2) is 8.42. The van der Waals surface area contributed by atoms with Gasteiger partial charge in [0.15, 0.2) is 5.82 Å². The Morgan fingerprint density at radius 3 is 2.56 bits per heavy atom. The van der Waals surface area contributed by atoms with E-state index in [0.717, 1.165) is 5.56 Å². The normalized spacial score (nSPS) is 11.6. The summed E-state index contributed by atoms with van der Waals surface area (Å²) in [5.41, 5.74) is 2.61. The maximum absolute atomic E-state index is 11.0. The summed E-state index contributed by atoms with van der Waals surface area (Å²) < 4.78 is 6.69. The van der Waals surface area contributed by atoms with Gasteiger partial charge in [0, 0.05) is 23.3 Å². The van der Waals surface area contributed by atoms with Gasteiger partial charge in [0.25, 0.3) is 5.69 Å². The molecule has 0 amide bonds. The van der Waals surface area contributed by atoms with Crippen LogP contribution in [0.5, 0.6) is 0 Å². The van der Waals surface area contributed by atoms with E-state index >= 15 is 0 Å². The number of benzene rings is 2. The first-order valence-electron chi connectivity index (χ1n) is 9.74. The van der Waals surface area contributed by atoms with Gasteiger partial charge in [-0.2, -0.15) is 4.98 Å². The van der Waals surface area contributed by atoms with E-state index in [1.165, 1.54) is 34.1 Å². The average molecular weight is 452 g/mol. The number of nitrogens with two attached hydrogens (primary N) is 1. The zero-order valence-electron chi connectivity index (χ0n) is 17.7. The van der Waals surface area contributed by atoms with E-state index in [4.69, 9.17) is 10.4 Å². The second-order valence-corrected chi connectivity index (χ2v) is 9.05. The molecule has 4 rings (SSSR count). The number of nitrogens with zero attached hydrogens (tertiary/aromatic N) is 6. The molecule has 0 aliphatic carbocycles. The van der Waals surface area contributed by atoms with Crippen LogP contribution in [0.3, 0.4) is 0 Å². The van der Waals surface area contributed by atoms with E-state index in [9.17, 15) is 10.1 Å². The van der Waals surface area contributed by atoms with Gasteiger partial charge in [-0.05, 0) is 11.0 Å². The first-order chi connectivity index (χ1) is 15.2. The predicted molar refractivity (Wildman–Crippen MR) is 120 cm³/mol. The van der Waals surface area contributed by atoms with Crippen molar-refractivity contribution in [3.63, 3.8) is 0 Å². The lowest BCUT2D eigenvalue weighted by Crippen LogP contribution is -2.12. The molecule has 0 spiro atoms. The Balaban J connectivity index is 1.46. The van der Waals surface area contributed by atoms with E-state index < -0.39 is 4.92 Å².